The summed E-state index contributed by atoms with van der Waals surface area (Å²) in [6.45, 7) is 6.21. The Morgan fingerprint density at radius 1 is 1.07 bits per heavy atom. The first-order chi connectivity index (χ1) is 7.29. The van der Waals surface area contributed by atoms with E-state index in [2.05, 4.69) is 10.6 Å². The zero-order chi connectivity index (χ0) is 10.9. The minimum atomic E-state index is -0.734. The maximum absolute atomic E-state index is 10.2. The second kappa shape index (κ2) is 7.62. The maximum Gasteiger partial charge on any atom is 0.317 e. The number of rotatable bonds is 2. The van der Waals surface area contributed by atoms with E-state index < -0.39 is 5.97 Å². The van der Waals surface area contributed by atoms with E-state index in [1.165, 1.54) is 25.9 Å². The summed E-state index contributed by atoms with van der Waals surface area (Å²) in [4.78, 5) is 12.1. The molecule has 2 aliphatic rings. The first-order valence-corrected chi connectivity index (χ1v) is 5.64. The Morgan fingerprint density at radius 2 is 1.60 bits per heavy atom. The largest absolute Gasteiger partial charge is 0.480 e. The van der Waals surface area contributed by atoms with Crippen LogP contribution in [0, 0.1) is 0 Å². The summed E-state index contributed by atoms with van der Waals surface area (Å²) in [5.41, 5.74) is 0. The molecule has 2 fully saturated rings. The highest BCUT2D eigenvalue weighted by Crippen LogP contribution is 1.90. The van der Waals surface area contributed by atoms with Crippen LogP contribution in [0.2, 0.25) is 0 Å². The Balaban J connectivity index is 0.000000187. The molecule has 15 heavy (non-hydrogen) atoms. The topological polar surface area (TPSA) is 64.6 Å². The van der Waals surface area contributed by atoms with Crippen LogP contribution in [0.3, 0.4) is 0 Å². The molecule has 0 saturated carbocycles. The van der Waals surface area contributed by atoms with Gasteiger partial charge in [-0.05, 0) is 25.9 Å². The molecular formula is C10H21N3O2. The molecule has 0 aliphatic carbocycles. The molecule has 0 amide bonds. The lowest BCUT2D eigenvalue weighted by molar-refractivity contribution is -0.138. The first kappa shape index (κ1) is 12.4. The van der Waals surface area contributed by atoms with Crippen LogP contribution in [0.5, 0.6) is 0 Å². The molecule has 0 atom stereocenters. The smallest absolute Gasteiger partial charge is 0.317 e. The van der Waals surface area contributed by atoms with Gasteiger partial charge in [-0.25, -0.2) is 0 Å². The molecular weight excluding hydrogens is 194 g/mol. The summed E-state index contributed by atoms with van der Waals surface area (Å²) in [6, 6.07) is 0. The molecule has 0 unspecified atom stereocenters. The summed E-state index contributed by atoms with van der Waals surface area (Å²) in [7, 11) is 0. The third kappa shape index (κ3) is 6.43. The number of hydrogen-bond acceptors (Lipinski definition) is 4. The number of carbonyl (C=O) groups is 1. The molecule has 0 aromatic heterocycles. The molecule has 0 aromatic rings. The standard InChI is InChI=1S/C6H12N2O2.C4H9N/c9-6(10)5-8-3-1-7-2-4-8;1-2-4-5-3-1/h7H,1-5H2,(H,9,10);5H,1-4H2. The lowest BCUT2D eigenvalue weighted by Gasteiger charge is -2.25. The van der Waals surface area contributed by atoms with Crippen LogP contribution in [0.15, 0.2) is 0 Å². The fourth-order valence-electron chi connectivity index (χ4n) is 1.69. The monoisotopic (exact) mass is 215 g/mol. The summed E-state index contributed by atoms with van der Waals surface area (Å²) < 4.78 is 0. The average Bonchev–Trinajstić information content (AvgIpc) is 2.76. The second-order valence-corrected chi connectivity index (χ2v) is 3.88. The number of nitrogens with zero attached hydrogens (tertiary/aromatic N) is 1. The zero-order valence-electron chi connectivity index (χ0n) is 9.17. The Hall–Kier alpha value is -0.650. The minimum Gasteiger partial charge on any atom is -0.480 e. The molecule has 88 valence electrons. The quantitative estimate of drug-likeness (QED) is 0.571. The average molecular weight is 215 g/mol. The molecule has 0 radical (unpaired) electrons. The highest BCUT2D eigenvalue weighted by molar-refractivity contribution is 5.69. The molecule has 2 rings (SSSR count). The molecule has 2 heterocycles. The van der Waals surface area contributed by atoms with Gasteiger partial charge >= 0.3 is 5.97 Å². The number of carboxylic acids is 1. The van der Waals surface area contributed by atoms with Crippen LogP contribution >= 0.6 is 0 Å². The predicted molar refractivity (Wildman–Crippen MR) is 59.0 cm³/mol. The molecule has 5 heteroatoms. The van der Waals surface area contributed by atoms with Crippen LogP contribution in [0.25, 0.3) is 0 Å². The van der Waals surface area contributed by atoms with Crippen molar-refractivity contribution in [3.63, 3.8) is 0 Å². The van der Waals surface area contributed by atoms with E-state index in [0.717, 1.165) is 26.2 Å². The normalized spacial score (nSPS) is 21.9. The van der Waals surface area contributed by atoms with Crippen molar-refractivity contribution in [1.29, 1.82) is 0 Å². The van der Waals surface area contributed by atoms with Crippen molar-refractivity contribution in [3.05, 3.63) is 0 Å². The van der Waals surface area contributed by atoms with E-state index in [0.29, 0.717) is 0 Å². The summed E-state index contributed by atoms with van der Waals surface area (Å²) >= 11 is 0. The highest BCUT2D eigenvalue weighted by atomic mass is 16.4. The molecule has 0 bridgehead atoms. The van der Waals surface area contributed by atoms with Crippen molar-refractivity contribution in [2.24, 2.45) is 0 Å². The van der Waals surface area contributed by atoms with Gasteiger partial charge < -0.3 is 15.7 Å². The lowest BCUT2D eigenvalue weighted by atomic mass is 10.3. The van der Waals surface area contributed by atoms with Crippen molar-refractivity contribution < 1.29 is 9.90 Å². The number of piperazine rings is 1. The molecule has 2 saturated heterocycles. The highest BCUT2D eigenvalue weighted by Gasteiger charge is 2.11. The van der Waals surface area contributed by atoms with E-state index in [1.807, 2.05) is 4.90 Å². The third-order valence-electron chi connectivity index (χ3n) is 2.53. The van der Waals surface area contributed by atoms with Gasteiger partial charge in [-0.1, -0.05) is 0 Å². The third-order valence-corrected chi connectivity index (χ3v) is 2.53. The van der Waals surface area contributed by atoms with Gasteiger partial charge in [-0.3, -0.25) is 9.69 Å². The van der Waals surface area contributed by atoms with Gasteiger partial charge in [0.2, 0.25) is 0 Å². The van der Waals surface area contributed by atoms with Crippen LogP contribution in [0.1, 0.15) is 12.8 Å². The van der Waals surface area contributed by atoms with E-state index in [9.17, 15) is 4.79 Å². The fraction of sp³-hybridized carbons (Fsp3) is 0.900. The van der Waals surface area contributed by atoms with Gasteiger partial charge in [0.05, 0.1) is 6.54 Å². The van der Waals surface area contributed by atoms with E-state index in [1.54, 1.807) is 0 Å². The van der Waals surface area contributed by atoms with Gasteiger partial charge in [0, 0.05) is 26.2 Å². The van der Waals surface area contributed by atoms with Gasteiger partial charge in [-0.15, -0.1) is 0 Å². The maximum atomic E-state index is 10.2. The number of carboxylic acid groups (broad SMARTS) is 1. The predicted octanol–water partition coefficient (Wildman–Crippen LogP) is -0.654. The first-order valence-electron chi connectivity index (χ1n) is 5.64. The molecule has 5 nitrogen and oxygen atoms in total. The van der Waals surface area contributed by atoms with Gasteiger partial charge in [0.15, 0.2) is 0 Å². The minimum absolute atomic E-state index is 0.182. The van der Waals surface area contributed by atoms with Crippen LogP contribution < -0.4 is 10.6 Å². The van der Waals surface area contributed by atoms with Gasteiger partial charge in [0.1, 0.15) is 0 Å². The molecule has 0 aromatic carbocycles. The number of hydrogen-bond donors (Lipinski definition) is 3. The molecule has 3 N–H and O–H groups in total. The van der Waals surface area contributed by atoms with Crippen molar-refractivity contribution >= 4 is 5.97 Å². The Bertz CT molecular complexity index is 170. The summed E-state index contributed by atoms with van der Waals surface area (Å²) in [6.07, 6.45) is 2.78. The van der Waals surface area contributed by atoms with Crippen LogP contribution in [0.4, 0.5) is 0 Å². The Morgan fingerprint density at radius 3 is 2.00 bits per heavy atom. The van der Waals surface area contributed by atoms with Crippen molar-refractivity contribution in [2.45, 2.75) is 12.8 Å². The Kier molecular flexibility index (Phi) is 6.31. The van der Waals surface area contributed by atoms with Gasteiger partial charge in [0.25, 0.3) is 0 Å². The fourth-order valence-corrected chi connectivity index (χ4v) is 1.69. The van der Waals surface area contributed by atoms with Crippen molar-refractivity contribution in [1.82, 2.24) is 15.5 Å². The lowest BCUT2D eigenvalue weighted by Crippen LogP contribution is -2.45. The zero-order valence-corrected chi connectivity index (χ0v) is 9.17. The van der Waals surface area contributed by atoms with Crippen molar-refractivity contribution in [2.75, 3.05) is 45.8 Å². The summed E-state index contributed by atoms with van der Waals surface area (Å²) in [5.74, 6) is -0.734. The van der Waals surface area contributed by atoms with Gasteiger partial charge in [-0.2, -0.15) is 0 Å². The summed E-state index contributed by atoms with van der Waals surface area (Å²) in [5, 5.41) is 14.8. The number of aliphatic carboxylic acids is 1. The second-order valence-electron chi connectivity index (χ2n) is 3.88. The van der Waals surface area contributed by atoms with E-state index in [4.69, 9.17) is 5.11 Å². The molecule has 2 aliphatic heterocycles. The Labute approximate surface area is 90.8 Å². The van der Waals surface area contributed by atoms with E-state index >= 15 is 0 Å². The van der Waals surface area contributed by atoms with Crippen LogP contribution in [-0.4, -0.2) is 61.8 Å². The van der Waals surface area contributed by atoms with Crippen LogP contribution in [-0.2, 0) is 4.79 Å². The number of nitrogens with one attached hydrogen (secondary N) is 2. The van der Waals surface area contributed by atoms with Crippen molar-refractivity contribution in [3.8, 4) is 0 Å². The SMILES string of the molecule is C1CCNC1.O=C(O)CN1CCNCC1. The van der Waals surface area contributed by atoms with E-state index in [-0.39, 0.29) is 6.54 Å². The molecule has 0 spiro atoms.